The van der Waals surface area contributed by atoms with Crippen LogP contribution in [0.3, 0.4) is 0 Å². The molecule has 6 aliphatic rings. The van der Waals surface area contributed by atoms with Crippen LogP contribution in [0.1, 0.15) is 78.6 Å². The summed E-state index contributed by atoms with van der Waals surface area (Å²) in [5.41, 5.74) is 0.805. The molecule has 0 amide bonds. The van der Waals surface area contributed by atoms with Gasteiger partial charge in [0, 0.05) is 24.2 Å². The molecule has 32 heavy (non-hydrogen) atoms. The van der Waals surface area contributed by atoms with Crippen molar-refractivity contribution in [1.29, 1.82) is 0 Å². The quantitative estimate of drug-likeness (QED) is 0.599. The van der Waals surface area contributed by atoms with Gasteiger partial charge in [-0.15, -0.1) is 0 Å². The number of fused-ring (bicyclic) bond motifs is 9. The molecule has 6 rings (SSSR count). The number of esters is 2. The maximum absolute atomic E-state index is 13.4. The molecule has 0 radical (unpaired) electrons. The summed E-state index contributed by atoms with van der Waals surface area (Å²) in [7, 11) is 0. The highest BCUT2D eigenvalue weighted by Crippen LogP contribution is 2.79. The zero-order valence-corrected chi connectivity index (χ0v) is 19.7. The fourth-order valence-electron chi connectivity index (χ4n) is 9.46. The Balaban J connectivity index is 1.43. The van der Waals surface area contributed by atoms with Gasteiger partial charge in [-0.05, 0) is 80.1 Å². The first-order valence-electron chi connectivity index (χ1n) is 12.9. The first-order valence-corrected chi connectivity index (χ1v) is 12.9. The molecule has 1 aliphatic heterocycles. The summed E-state index contributed by atoms with van der Waals surface area (Å²) in [5.74, 6) is 1.97. The topological polar surface area (TPSA) is 69.7 Å². The molecule has 0 aromatic carbocycles. The number of ether oxygens (including phenoxy) is 2. The van der Waals surface area contributed by atoms with Crippen LogP contribution in [-0.2, 0) is 23.9 Å². The third kappa shape index (κ3) is 2.49. The van der Waals surface area contributed by atoms with Gasteiger partial charge in [0.15, 0.2) is 5.78 Å². The summed E-state index contributed by atoms with van der Waals surface area (Å²) < 4.78 is 12.0. The molecule has 0 aromatic rings. The number of ketones is 1. The first kappa shape index (κ1) is 20.9. The number of allylic oxidation sites excluding steroid dienone is 1. The van der Waals surface area contributed by atoms with E-state index in [2.05, 4.69) is 13.8 Å². The van der Waals surface area contributed by atoms with E-state index in [0.29, 0.717) is 49.5 Å². The molecule has 5 heteroatoms. The second-order valence-electron chi connectivity index (χ2n) is 12.1. The normalized spacial score (nSPS) is 50.7. The second kappa shape index (κ2) is 6.70. The monoisotopic (exact) mass is 440 g/mol. The summed E-state index contributed by atoms with van der Waals surface area (Å²) in [4.78, 5) is 38.0. The number of carbonyl (C=O) groups excluding carboxylic acids is 3. The van der Waals surface area contributed by atoms with Crippen LogP contribution in [0.5, 0.6) is 0 Å². The SMILES string of the molecule is CCCOC(=O)[C@@H]1CC2=CC(=O)CC[C@]2(C)C2CC[C@@]3(C)C(C21)[C@@H]1C[C@@H]1[C@]31CCC(=O)O1. The van der Waals surface area contributed by atoms with Gasteiger partial charge in [0.1, 0.15) is 5.60 Å². The lowest BCUT2D eigenvalue weighted by Crippen LogP contribution is -2.59. The zero-order valence-electron chi connectivity index (χ0n) is 19.7. The Kier molecular flexibility index (Phi) is 4.38. The van der Waals surface area contributed by atoms with Crippen LogP contribution in [0.2, 0.25) is 0 Å². The molecule has 0 bridgehead atoms. The van der Waals surface area contributed by atoms with Crippen molar-refractivity contribution < 1.29 is 23.9 Å². The molecule has 4 saturated carbocycles. The lowest BCUT2D eigenvalue weighted by molar-refractivity contribution is -0.186. The van der Waals surface area contributed by atoms with E-state index >= 15 is 0 Å². The molecule has 1 spiro atoms. The Morgan fingerprint density at radius 1 is 1.16 bits per heavy atom. The summed E-state index contributed by atoms with van der Waals surface area (Å²) in [6, 6.07) is 0. The van der Waals surface area contributed by atoms with Crippen LogP contribution in [0.15, 0.2) is 11.6 Å². The third-order valence-corrected chi connectivity index (χ3v) is 10.9. The largest absolute Gasteiger partial charge is 0.465 e. The molecule has 3 unspecified atom stereocenters. The Bertz CT molecular complexity index is 921. The first-order chi connectivity index (χ1) is 15.2. The van der Waals surface area contributed by atoms with Crippen LogP contribution in [0.25, 0.3) is 0 Å². The molecule has 5 aliphatic carbocycles. The van der Waals surface area contributed by atoms with E-state index < -0.39 is 0 Å². The minimum atomic E-state index is -0.318. The Labute approximate surface area is 190 Å². The second-order valence-corrected chi connectivity index (χ2v) is 12.1. The van der Waals surface area contributed by atoms with Crippen molar-refractivity contribution in [2.45, 2.75) is 84.2 Å². The van der Waals surface area contributed by atoms with Gasteiger partial charge in [-0.1, -0.05) is 26.3 Å². The van der Waals surface area contributed by atoms with Crippen LogP contribution in [-0.4, -0.2) is 29.9 Å². The number of rotatable bonds is 3. The Hall–Kier alpha value is -1.65. The van der Waals surface area contributed by atoms with Crippen molar-refractivity contribution in [2.24, 2.45) is 46.3 Å². The van der Waals surface area contributed by atoms with E-state index in [9.17, 15) is 14.4 Å². The summed E-state index contributed by atoms with van der Waals surface area (Å²) in [6.45, 7) is 7.20. The molecular weight excluding hydrogens is 404 g/mol. The van der Waals surface area contributed by atoms with Gasteiger partial charge < -0.3 is 9.47 Å². The van der Waals surface area contributed by atoms with Gasteiger partial charge in [-0.25, -0.2) is 0 Å². The summed E-state index contributed by atoms with van der Waals surface area (Å²) in [5, 5.41) is 0. The Morgan fingerprint density at radius 3 is 2.69 bits per heavy atom. The van der Waals surface area contributed by atoms with Gasteiger partial charge in [0.25, 0.3) is 0 Å². The number of hydrogen-bond acceptors (Lipinski definition) is 5. The molecule has 5 fully saturated rings. The molecular formula is C27H36O5. The van der Waals surface area contributed by atoms with Gasteiger partial charge in [0.05, 0.1) is 12.5 Å². The fraction of sp³-hybridized carbons (Fsp3) is 0.815. The number of carbonyl (C=O) groups is 3. The van der Waals surface area contributed by atoms with Crippen molar-refractivity contribution in [3.63, 3.8) is 0 Å². The smallest absolute Gasteiger partial charge is 0.309 e. The van der Waals surface area contributed by atoms with Crippen LogP contribution >= 0.6 is 0 Å². The molecule has 1 saturated heterocycles. The third-order valence-electron chi connectivity index (χ3n) is 10.9. The maximum Gasteiger partial charge on any atom is 0.309 e. The van der Waals surface area contributed by atoms with Gasteiger partial charge in [-0.2, -0.15) is 0 Å². The van der Waals surface area contributed by atoms with E-state index in [1.54, 1.807) is 0 Å². The minimum Gasteiger partial charge on any atom is -0.465 e. The highest BCUT2D eigenvalue weighted by molar-refractivity contribution is 5.92. The number of hydrogen-bond donors (Lipinski definition) is 0. The predicted octanol–water partition coefficient (Wildman–Crippen LogP) is 4.63. The fourth-order valence-corrected chi connectivity index (χ4v) is 9.46. The molecule has 1 heterocycles. The van der Waals surface area contributed by atoms with Crippen molar-refractivity contribution in [3.8, 4) is 0 Å². The van der Waals surface area contributed by atoms with Crippen molar-refractivity contribution in [2.75, 3.05) is 6.61 Å². The average molecular weight is 441 g/mol. The van der Waals surface area contributed by atoms with Gasteiger partial charge >= 0.3 is 11.9 Å². The average Bonchev–Trinajstić information content (AvgIpc) is 3.40. The van der Waals surface area contributed by atoms with Crippen LogP contribution in [0.4, 0.5) is 0 Å². The molecule has 174 valence electrons. The van der Waals surface area contributed by atoms with Crippen molar-refractivity contribution >= 4 is 17.7 Å². The van der Waals surface area contributed by atoms with Crippen LogP contribution in [0, 0.1) is 46.3 Å². The lowest BCUT2D eigenvalue weighted by atomic mass is 9.43. The van der Waals surface area contributed by atoms with Crippen LogP contribution < -0.4 is 0 Å². The highest BCUT2D eigenvalue weighted by Gasteiger charge is 2.80. The van der Waals surface area contributed by atoms with E-state index in [0.717, 1.165) is 38.5 Å². The van der Waals surface area contributed by atoms with E-state index in [4.69, 9.17) is 9.47 Å². The van der Waals surface area contributed by atoms with Crippen molar-refractivity contribution in [1.82, 2.24) is 0 Å². The zero-order chi connectivity index (χ0) is 22.5. The molecule has 0 aromatic heterocycles. The molecule has 9 atom stereocenters. The summed E-state index contributed by atoms with van der Waals surface area (Å²) >= 11 is 0. The van der Waals surface area contributed by atoms with Crippen molar-refractivity contribution in [3.05, 3.63) is 11.6 Å². The van der Waals surface area contributed by atoms with E-state index in [-0.39, 0.29) is 46.0 Å². The molecule has 0 N–H and O–H groups in total. The van der Waals surface area contributed by atoms with Gasteiger partial charge in [-0.3, -0.25) is 14.4 Å². The predicted molar refractivity (Wildman–Crippen MR) is 117 cm³/mol. The highest BCUT2D eigenvalue weighted by atomic mass is 16.6. The maximum atomic E-state index is 13.4. The van der Waals surface area contributed by atoms with E-state index in [1.165, 1.54) is 5.57 Å². The van der Waals surface area contributed by atoms with E-state index in [1.807, 2.05) is 13.0 Å². The summed E-state index contributed by atoms with van der Waals surface area (Å²) in [6.07, 6.45) is 9.44. The minimum absolute atomic E-state index is 0.00602. The lowest BCUT2D eigenvalue weighted by Gasteiger charge is -2.61. The Morgan fingerprint density at radius 2 is 1.97 bits per heavy atom. The van der Waals surface area contributed by atoms with Gasteiger partial charge in [0.2, 0.25) is 0 Å². The molecule has 5 nitrogen and oxygen atoms in total. The standard InChI is InChI=1S/C27H36O5/c1-4-11-31-24(30)18-13-15-12-16(28)5-8-25(15,2)19-6-9-26(3)23(22(18)19)17-14-20(17)27(26)10-7-21(29)32-27/h12,17-20,22-23H,4-11,13-14H2,1-3H3/t17-,18-,19?,20+,22?,23?,25+,26+,27-/m1/s1.